The van der Waals surface area contributed by atoms with E-state index in [9.17, 15) is 19.2 Å². The van der Waals surface area contributed by atoms with Crippen LogP contribution >= 0.6 is 0 Å². The smallest absolute Gasteiger partial charge is 0.326 e. The Morgan fingerprint density at radius 3 is 2.52 bits per heavy atom. The number of Topliss-reactive ketones (excluding diaryl/α,β-unsaturated/α-hetero) is 1. The van der Waals surface area contributed by atoms with Gasteiger partial charge in [0.25, 0.3) is 5.91 Å². The Morgan fingerprint density at radius 2 is 1.88 bits per heavy atom. The quantitative estimate of drug-likeness (QED) is 0.441. The van der Waals surface area contributed by atoms with Crippen LogP contribution in [0.25, 0.3) is 0 Å². The first-order valence-corrected chi connectivity index (χ1v) is 8.25. The minimum absolute atomic E-state index is 0.348. The Hall–Kier alpha value is -2.70. The SMILES string of the molecule is CCCC[C@]1(C)NC(=O)N(CC(=O)OCC(=O)c2ccccc2)C1=O. The van der Waals surface area contributed by atoms with Crippen molar-refractivity contribution in [2.24, 2.45) is 0 Å². The molecule has 0 spiro atoms. The summed E-state index contributed by atoms with van der Waals surface area (Å²) in [7, 11) is 0. The molecule has 0 aliphatic carbocycles. The van der Waals surface area contributed by atoms with E-state index in [1.807, 2.05) is 6.92 Å². The van der Waals surface area contributed by atoms with E-state index >= 15 is 0 Å². The number of rotatable bonds is 8. The van der Waals surface area contributed by atoms with Crippen molar-refractivity contribution in [1.82, 2.24) is 10.2 Å². The second-order valence-corrected chi connectivity index (χ2v) is 6.21. The zero-order chi connectivity index (χ0) is 18.4. The fourth-order valence-corrected chi connectivity index (χ4v) is 2.62. The summed E-state index contributed by atoms with van der Waals surface area (Å²) in [4.78, 5) is 49.0. The molecule has 0 bridgehead atoms. The highest BCUT2D eigenvalue weighted by Crippen LogP contribution is 2.23. The Morgan fingerprint density at radius 1 is 1.20 bits per heavy atom. The van der Waals surface area contributed by atoms with Crippen molar-refractivity contribution >= 4 is 23.7 Å². The van der Waals surface area contributed by atoms with Crippen LogP contribution in [0.15, 0.2) is 30.3 Å². The highest BCUT2D eigenvalue weighted by Gasteiger charge is 2.47. The molecule has 1 atom stereocenters. The van der Waals surface area contributed by atoms with Crippen LogP contribution in [0.3, 0.4) is 0 Å². The largest absolute Gasteiger partial charge is 0.456 e. The molecule has 1 aliphatic rings. The molecule has 7 heteroatoms. The predicted molar refractivity (Wildman–Crippen MR) is 89.9 cm³/mol. The first-order valence-electron chi connectivity index (χ1n) is 8.25. The van der Waals surface area contributed by atoms with Crippen LogP contribution in [0.2, 0.25) is 0 Å². The molecular formula is C18H22N2O5. The summed E-state index contributed by atoms with van der Waals surface area (Å²) in [5.74, 6) is -1.59. The molecule has 1 fully saturated rings. The van der Waals surface area contributed by atoms with E-state index in [1.54, 1.807) is 37.3 Å². The summed E-state index contributed by atoms with van der Waals surface area (Å²) < 4.78 is 4.90. The molecular weight excluding hydrogens is 324 g/mol. The average Bonchev–Trinajstić information content (AvgIpc) is 2.82. The number of hydrogen-bond acceptors (Lipinski definition) is 5. The fraction of sp³-hybridized carbons (Fsp3) is 0.444. The Balaban J connectivity index is 1.89. The highest BCUT2D eigenvalue weighted by atomic mass is 16.5. The molecule has 2 rings (SSSR count). The molecule has 0 radical (unpaired) electrons. The second-order valence-electron chi connectivity index (χ2n) is 6.21. The van der Waals surface area contributed by atoms with Gasteiger partial charge >= 0.3 is 12.0 Å². The number of unbranched alkanes of at least 4 members (excludes halogenated alkanes) is 1. The van der Waals surface area contributed by atoms with Crippen LogP contribution < -0.4 is 5.32 Å². The van der Waals surface area contributed by atoms with Gasteiger partial charge in [0.1, 0.15) is 12.1 Å². The number of carbonyl (C=O) groups excluding carboxylic acids is 4. The summed E-state index contributed by atoms with van der Waals surface area (Å²) in [6.45, 7) is 2.70. The molecule has 1 heterocycles. The van der Waals surface area contributed by atoms with Gasteiger partial charge in [0, 0.05) is 5.56 Å². The van der Waals surface area contributed by atoms with Crippen LogP contribution in [-0.4, -0.2) is 47.3 Å². The molecule has 0 unspecified atom stereocenters. The molecule has 1 aromatic carbocycles. The Kier molecular flexibility index (Phi) is 5.90. The van der Waals surface area contributed by atoms with Gasteiger partial charge in [0.2, 0.25) is 0 Å². The average molecular weight is 346 g/mol. The predicted octanol–water partition coefficient (Wildman–Crippen LogP) is 1.91. The fourth-order valence-electron chi connectivity index (χ4n) is 2.62. The van der Waals surface area contributed by atoms with E-state index in [1.165, 1.54) is 0 Å². The number of urea groups is 1. The number of carbonyl (C=O) groups is 4. The maximum absolute atomic E-state index is 12.4. The number of ether oxygens (including phenoxy) is 1. The first kappa shape index (κ1) is 18.6. The van der Waals surface area contributed by atoms with Crippen molar-refractivity contribution in [3.63, 3.8) is 0 Å². The van der Waals surface area contributed by atoms with E-state index in [2.05, 4.69) is 5.32 Å². The van der Waals surface area contributed by atoms with Gasteiger partial charge in [-0.2, -0.15) is 0 Å². The van der Waals surface area contributed by atoms with Gasteiger partial charge < -0.3 is 10.1 Å². The van der Waals surface area contributed by atoms with Crippen molar-refractivity contribution < 1.29 is 23.9 Å². The second kappa shape index (κ2) is 7.92. The van der Waals surface area contributed by atoms with Gasteiger partial charge in [0.15, 0.2) is 12.4 Å². The summed E-state index contributed by atoms with van der Waals surface area (Å²) in [5.41, 5.74) is -0.565. The molecule has 1 aromatic rings. The van der Waals surface area contributed by atoms with Gasteiger partial charge in [-0.15, -0.1) is 0 Å². The lowest BCUT2D eigenvalue weighted by atomic mass is 9.95. The lowest BCUT2D eigenvalue weighted by Crippen LogP contribution is -2.44. The number of imide groups is 1. The number of ketones is 1. The van der Waals surface area contributed by atoms with E-state index in [0.717, 1.165) is 17.7 Å². The molecule has 134 valence electrons. The monoisotopic (exact) mass is 346 g/mol. The number of amides is 3. The number of benzene rings is 1. The highest BCUT2D eigenvalue weighted by molar-refractivity contribution is 6.08. The summed E-state index contributed by atoms with van der Waals surface area (Å²) in [6, 6.07) is 7.81. The zero-order valence-electron chi connectivity index (χ0n) is 14.4. The van der Waals surface area contributed by atoms with Crippen LogP contribution in [0.1, 0.15) is 43.5 Å². The normalized spacial score (nSPS) is 19.7. The third kappa shape index (κ3) is 4.43. The van der Waals surface area contributed by atoms with Crippen LogP contribution in [0.4, 0.5) is 4.79 Å². The molecule has 1 N–H and O–H groups in total. The van der Waals surface area contributed by atoms with Crippen LogP contribution in [0.5, 0.6) is 0 Å². The van der Waals surface area contributed by atoms with Gasteiger partial charge in [-0.1, -0.05) is 50.1 Å². The first-order chi connectivity index (χ1) is 11.9. The molecule has 1 saturated heterocycles. The molecule has 7 nitrogen and oxygen atoms in total. The lowest BCUT2D eigenvalue weighted by Gasteiger charge is -2.21. The molecule has 0 saturated carbocycles. The lowest BCUT2D eigenvalue weighted by molar-refractivity contribution is -0.146. The van der Waals surface area contributed by atoms with Crippen molar-refractivity contribution in [2.45, 2.75) is 38.6 Å². The zero-order valence-corrected chi connectivity index (χ0v) is 14.4. The van der Waals surface area contributed by atoms with Crippen molar-refractivity contribution in [2.75, 3.05) is 13.2 Å². The van der Waals surface area contributed by atoms with Crippen molar-refractivity contribution in [3.05, 3.63) is 35.9 Å². The van der Waals surface area contributed by atoms with Gasteiger partial charge in [-0.25, -0.2) is 4.79 Å². The Bertz CT molecular complexity index is 673. The van der Waals surface area contributed by atoms with Gasteiger partial charge in [-0.05, 0) is 13.3 Å². The Labute approximate surface area is 146 Å². The molecule has 1 aliphatic heterocycles. The minimum Gasteiger partial charge on any atom is -0.456 e. The van der Waals surface area contributed by atoms with E-state index < -0.39 is 36.6 Å². The molecule has 25 heavy (non-hydrogen) atoms. The number of nitrogens with zero attached hydrogens (tertiary/aromatic N) is 1. The van der Waals surface area contributed by atoms with Crippen molar-refractivity contribution in [3.8, 4) is 0 Å². The molecule has 3 amide bonds. The molecule has 0 aromatic heterocycles. The van der Waals surface area contributed by atoms with Gasteiger partial charge in [-0.3, -0.25) is 19.3 Å². The number of hydrogen-bond donors (Lipinski definition) is 1. The standard InChI is InChI=1S/C18H22N2O5/c1-3-4-10-18(2)16(23)20(17(24)19-18)11-15(22)25-12-14(21)13-8-6-5-7-9-13/h5-9H,3-4,10-12H2,1-2H3,(H,19,24)/t18-/m0/s1. The van der Waals surface area contributed by atoms with E-state index in [4.69, 9.17) is 4.74 Å². The van der Waals surface area contributed by atoms with E-state index in [-0.39, 0.29) is 5.78 Å². The third-order valence-electron chi connectivity index (χ3n) is 4.12. The third-order valence-corrected chi connectivity index (χ3v) is 4.12. The van der Waals surface area contributed by atoms with Crippen LogP contribution in [-0.2, 0) is 14.3 Å². The van der Waals surface area contributed by atoms with Crippen molar-refractivity contribution in [1.29, 1.82) is 0 Å². The summed E-state index contributed by atoms with van der Waals surface area (Å²) in [6.07, 6.45) is 2.18. The number of nitrogens with one attached hydrogen (secondary N) is 1. The van der Waals surface area contributed by atoms with Gasteiger partial charge in [0.05, 0.1) is 0 Å². The topological polar surface area (TPSA) is 92.8 Å². The maximum atomic E-state index is 12.4. The number of esters is 1. The minimum atomic E-state index is -0.993. The van der Waals surface area contributed by atoms with E-state index in [0.29, 0.717) is 12.0 Å². The maximum Gasteiger partial charge on any atom is 0.326 e. The van der Waals surface area contributed by atoms with Crippen LogP contribution in [0, 0.1) is 0 Å². The summed E-state index contributed by atoms with van der Waals surface area (Å²) >= 11 is 0. The summed E-state index contributed by atoms with van der Waals surface area (Å²) in [5, 5.41) is 2.62.